The van der Waals surface area contributed by atoms with Gasteiger partial charge < -0.3 is 15.1 Å². The van der Waals surface area contributed by atoms with Crippen LogP contribution in [0.4, 0.5) is 5.82 Å². The van der Waals surface area contributed by atoms with Gasteiger partial charge in [-0.05, 0) is 49.3 Å². The quantitative estimate of drug-likeness (QED) is 0.427. The van der Waals surface area contributed by atoms with E-state index in [0.717, 1.165) is 44.5 Å². The molecule has 0 bridgehead atoms. The van der Waals surface area contributed by atoms with Crippen LogP contribution in [0.3, 0.4) is 0 Å². The molecule has 1 N–H and O–H groups in total. The minimum Gasteiger partial charge on any atom is -0.357 e. The summed E-state index contributed by atoms with van der Waals surface area (Å²) in [6.07, 6.45) is 5.70. The summed E-state index contributed by atoms with van der Waals surface area (Å²) >= 11 is 0. The van der Waals surface area contributed by atoms with Crippen LogP contribution in [-0.4, -0.2) is 48.6 Å². The number of halogens is 1. The average molecular weight is 457 g/mol. The zero-order valence-corrected chi connectivity index (χ0v) is 18.1. The lowest BCUT2D eigenvalue weighted by Gasteiger charge is -2.23. The molecular weight excluding hydrogens is 425 g/mol. The van der Waals surface area contributed by atoms with Crippen LogP contribution < -0.4 is 10.2 Å². The molecule has 0 aliphatic carbocycles. The van der Waals surface area contributed by atoms with Crippen LogP contribution in [0.1, 0.15) is 45.6 Å². The third kappa shape index (κ3) is 5.46. The Bertz CT molecular complexity index is 581. The van der Waals surface area contributed by atoms with Crippen molar-refractivity contribution in [1.82, 2.24) is 15.2 Å². The molecular formula is C19H32IN5. The fourth-order valence-electron chi connectivity index (χ4n) is 3.56. The first-order valence-electron chi connectivity index (χ1n) is 9.30. The predicted molar refractivity (Wildman–Crippen MR) is 116 cm³/mol. The third-order valence-electron chi connectivity index (χ3n) is 4.96. The van der Waals surface area contributed by atoms with Gasteiger partial charge in [0.1, 0.15) is 5.82 Å². The van der Waals surface area contributed by atoms with Gasteiger partial charge in [-0.15, -0.1) is 24.0 Å². The van der Waals surface area contributed by atoms with Gasteiger partial charge in [-0.3, -0.25) is 0 Å². The van der Waals surface area contributed by atoms with Gasteiger partial charge in [-0.1, -0.05) is 13.8 Å². The van der Waals surface area contributed by atoms with Gasteiger partial charge in [0.25, 0.3) is 0 Å². The molecule has 2 saturated heterocycles. The lowest BCUT2D eigenvalue weighted by Crippen LogP contribution is -2.40. The smallest absolute Gasteiger partial charge is 0.194 e. The summed E-state index contributed by atoms with van der Waals surface area (Å²) in [6, 6.07) is 4.28. The van der Waals surface area contributed by atoms with E-state index in [9.17, 15) is 0 Å². The van der Waals surface area contributed by atoms with E-state index in [1.54, 1.807) is 0 Å². The molecule has 0 amide bonds. The number of likely N-dealkylation sites (tertiary alicyclic amines) is 1. The molecule has 0 atom stereocenters. The van der Waals surface area contributed by atoms with Gasteiger partial charge in [0.05, 0.1) is 6.54 Å². The van der Waals surface area contributed by atoms with Crippen LogP contribution in [0.15, 0.2) is 23.3 Å². The number of nitrogens with zero attached hydrogens (tertiary/aromatic N) is 4. The van der Waals surface area contributed by atoms with Crippen molar-refractivity contribution >= 4 is 35.8 Å². The highest BCUT2D eigenvalue weighted by Crippen LogP contribution is 2.28. The molecule has 1 aromatic heterocycles. The number of hydrogen-bond acceptors (Lipinski definition) is 3. The molecule has 2 fully saturated rings. The highest BCUT2D eigenvalue weighted by molar-refractivity contribution is 14.0. The fraction of sp³-hybridized carbons (Fsp3) is 0.684. The van der Waals surface area contributed by atoms with Crippen LogP contribution in [0, 0.1) is 5.41 Å². The highest BCUT2D eigenvalue weighted by Gasteiger charge is 2.30. The first-order valence-corrected chi connectivity index (χ1v) is 9.30. The summed E-state index contributed by atoms with van der Waals surface area (Å²) in [5.74, 6) is 2.15. The molecule has 3 rings (SSSR count). The number of rotatable bonds is 4. The van der Waals surface area contributed by atoms with Gasteiger partial charge in [0.2, 0.25) is 0 Å². The number of guanidine groups is 1. The van der Waals surface area contributed by atoms with E-state index < -0.39 is 0 Å². The number of nitrogens with one attached hydrogen (secondary N) is 1. The van der Waals surface area contributed by atoms with E-state index in [0.29, 0.717) is 12.0 Å². The van der Waals surface area contributed by atoms with Gasteiger partial charge in [0, 0.05) is 38.9 Å². The van der Waals surface area contributed by atoms with Crippen LogP contribution in [-0.2, 0) is 6.54 Å². The lowest BCUT2D eigenvalue weighted by atomic mass is 9.93. The third-order valence-corrected chi connectivity index (χ3v) is 4.96. The summed E-state index contributed by atoms with van der Waals surface area (Å²) in [5.41, 5.74) is 1.62. The van der Waals surface area contributed by atoms with Crippen LogP contribution in [0.25, 0.3) is 0 Å². The Hall–Kier alpha value is -1.05. The van der Waals surface area contributed by atoms with Gasteiger partial charge >= 0.3 is 0 Å². The molecule has 25 heavy (non-hydrogen) atoms. The van der Waals surface area contributed by atoms with Gasteiger partial charge in [-0.25, -0.2) is 9.98 Å². The lowest BCUT2D eigenvalue weighted by molar-refractivity contribution is 0.370. The van der Waals surface area contributed by atoms with Crippen molar-refractivity contribution in [3.8, 4) is 0 Å². The van der Waals surface area contributed by atoms with Crippen molar-refractivity contribution < 1.29 is 0 Å². The SMILES string of the molecule is CCNC(=NCc1ccnc(N2CCCC2)c1)N1CCC(C)(C)C1.I. The number of aromatic nitrogens is 1. The van der Waals surface area contributed by atoms with E-state index in [2.05, 4.69) is 53.0 Å². The predicted octanol–water partition coefficient (Wildman–Crippen LogP) is 3.50. The maximum absolute atomic E-state index is 4.88. The van der Waals surface area contributed by atoms with Gasteiger partial charge in [-0.2, -0.15) is 0 Å². The molecule has 0 aromatic carbocycles. The standard InChI is InChI=1S/C19H31N5.HI/c1-4-20-18(24-12-8-19(2,3)15-24)22-14-16-7-9-21-17(13-16)23-10-5-6-11-23;/h7,9,13H,4-6,8,10-12,14-15H2,1-3H3,(H,20,22);1H. The van der Waals surface area contributed by atoms with Crippen molar-refractivity contribution in [2.75, 3.05) is 37.6 Å². The molecule has 5 nitrogen and oxygen atoms in total. The molecule has 0 spiro atoms. The van der Waals surface area contributed by atoms with Crippen molar-refractivity contribution in [1.29, 1.82) is 0 Å². The van der Waals surface area contributed by atoms with E-state index in [1.165, 1.54) is 24.8 Å². The van der Waals surface area contributed by atoms with Gasteiger partial charge in [0.15, 0.2) is 5.96 Å². The molecule has 0 radical (unpaired) electrons. The Morgan fingerprint density at radius 3 is 2.68 bits per heavy atom. The Labute approximate surface area is 169 Å². The van der Waals surface area contributed by atoms with E-state index in [1.807, 2.05) is 6.20 Å². The fourth-order valence-corrected chi connectivity index (χ4v) is 3.56. The molecule has 3 heterocycles. The second-order valence-electron chi connectivity index (χ2n) is 7.72. The Kier molecular flexibility index (Phi) is 7.34. The molecule has 140 valence electrons. The molecule has 2 aliphatic heterocycles. The number of aliphatic imine (C=N–C) groups is 1. The first kappa shape index (κ1) is 20.3. The molecule has 0 unspecified atom stereocenters. The summed E-state index contributed by atoms with van der Waals surface area (Å²) in [5, 5.41) is 3.45. The maximum atomic E-state index is 4.88. The van der Waals surface area contributed by atoms with Crippen molar-refractivity contribution in [3.63, 3.8) is 0 Å². The number of anilines is 1. The van der Waals surface area contributed by atoms with E-state index in [-0.39, 0.29) is 24.0 Å². The normalized spacial score (nSPS) is 19.9. The van der Waals surface area contributed by atoms with Crippen LogP contribution >= 0.6 is 24.0 Å². The minimum absolute atomic E-state index is 0. The molecule has 2 aliphatic rings. The summed E-state index contributed by atoms with van der Waals surface area (Å²) in [6.45, 7) is 12.9. The largest absolute Gasteiger partial charge is 0.357 e. The van der Waals surface area contributed by atoms with Crippen LogP contribution in [0.5, 0.6) is 0 Å². The van der Waals surface area contributed by atoms with Crippen molar-refractivity contribution in [2.24, 2.45) is 10.4 Å². The topological polar surface area (TPSA) is 43.8 Å². The molecule has 6 heteroatoms. The monoisotopic (exact) mass is 457 g/mol. The van der Waals surface area contributed by atoms with Crippen molar-refractivity contribution in [3.05, 3.63) is 23.9 Å². The Morgan fingerprint density at radius 2 is 2.04 bits per heavy atom. The van der Waals surface area contributed by atoms with E-state index in [4.69, 9.17) is 4.99 Å². The van der Waals surface area contributed by atoms with Crippen molar-refractivity contribution in [2.45, 2.75) is 46.6 Å². The van der Waals surface area contributed by atoms with Crippen LogP contribution in [0.2, 0.25) is 0 Å². The number of pyridine rings is 1. The average Bonchev–Trinajstić information content (AvgIpc) is 3.21. The Balaban J connectivity index is 0.00000225. The minimum atomic E-state index is 0. The molecule has 0 saturated carbocycles. The summed E-state index contributed by atoms with van der Waals surface area (Å²) in [4.78, 5) is 14.2. The zero-order chi connectivity index (χ0) is 17.0. The Morgan fingerprint density at radius 1 is 1.28 bits per heavy atom. The maximum Gasteiger partial charge on any atom is 0.194 e. The second-order valence-corrected chi connectivity index (χ2v) is 7.72. The summed E-state index contributed by atoms with van der Waals surface area (Å²) < 4.78 is 0. The highest BCUT2D eigenvalue weighted by atomic mass is 127. The zero-order valence-electron chi connectivity index (χ0n) is 15.8. The summed E-state index contributed by atoms with van der Waals surface area (Å²) in [7, 11) is 0. The second kappa shape index (κ2) is 9.05. The van der Waals surface area contributed by atoms with E-state index >= 15 is 0 Å². The number of hydrogen-bond donors (Lipinski definition) is 1. The molecule has 1 aromatic rings. The first-order chi connectivity index (χ1) is 11.6.